The molecule has 5 rings (SSSR count). The molecule has 3 heterocycles. The average Bonchev–Trinajstić information content (AvgIpc) is 3.67. The van der Waals surface area contributed by atoms with E-state index in [-0.39, 0.29) is 41.4 Å². The molecule has 0 saturated carbocycles. The maximum atomic E-state index is 14.1. The van der Waals surface area contributed by atoms with Gasteiger partial charge in [0.25, 0.3) is 11.8 Å². The van der Waals surface area contributed by atoms with Crippen molar-refractivity contribution in [1.29, 1.82) is 0 Å². The number of halogens is 1. The molecule has 0 spiro atoms. The van der Waals surface area contributed by atoms with Crippen LogP contribution in [0.5, 0.6) is 11.5 Å². The second-order valence-corrected chi connectivity index (χ2v) is 9.46. The minimum atomic E-state index is -1.26. The van der Waals surface area contributed by atoms with Crippen molar-refractivity contribution in [2.75, 3.05) is 30.6 Å². The predicted molar refractivity (Wildman–Crippen MR) is 136 cm³/mol. The lowest BCUT2D eigenvalue weighted by Crippen LogP contribution is -2.45. The summed E-state index contributed by atoms with van der Waals surface area (Å²) < 4.78 is 34.3. The largest absolute Gasteiger partial charge is 0.454 e. The molecule has 1 fully saturated rings. The third kappa shape index (κ3) is 4.97. The molecular formula is C25H24FN5O6S. The maximum absolute atomic E-state index is 14.1. The van der Waals surface area contributed by atoms with Gasteiger partial charge in [-0.05, 0) is 54.2 Å². The van der Waals surface area contributed by atoms with Crippen LogP contribution in [0.25, 0.3) is 0 Å². The summed E-state index contributed by atoms with van der Waals surface area (Å²) in [5.74, 6) is -1.81. The van der Waals surface area contributed by atoms with E-state index in [1.165, 1.54) is 29.2 Å². The lowest BCUT2D eigenvalue weighted by Gasteiger charge is -2.31. The summed E-state index contributed by atoms with van der Waals surface area (Å²) in [4.78, 5) is 40.7. The summed E-state index contributed by atoms with van der Waals surface area (Å²) in [5, 5.41) is 2.86. The molecule has 3 amide bonds. The van der Waals surface area contributed by atoms with E-state index < -0.39 is 29.6 Å². The number of amides is 3. The number of carbonyl (C=O) groups excluding carboxylic acids is 3. The van der Waals surface area contributed by atoms with Crippen molar-refractivity contribution in [3.63, 3.8) is 0 Å². The standard InChI is InChI=1S/C25H24FN5O6S/c26-14-5-3-13(4-6-14)21(24(33)29-11-16-2-1-9-35-16)31(15-7-8-17-18(10-15)37-12-36-17)25(34)22-19(27)20(23(28)32)30-38-22/h3-8,10,16,21H,1-2,9,11-12,27H2,(H2,28,32)(H,29,33)/t16-,21+/m0/s1. The zero-order chi connectivity index (χ0) is 26.8. The monoisotopic (exact) mass is 541 g/mol. The van der Waals surface area contributed by atoms with Gasteiger partial charge >= 0.3 is 0 Å². The number of nitrogen functional groups attached to an aromatic ring is 1. The molecule has 2 aromatic carbocycles. The number of primary amides is 1. The highest BCUT2D eigenvalue weighted by Crippen LogP contribution is 2.39. The molecule has 13 heteroatoms. The van der Waals surface area contributed by atoms with Gasteiger partial charge in [0.1, 0.15) is 16.7 Å². The summed E-state index contributed by atoms with van der Waals surface area (Å²) in [6, 6.07) is 8.72. The molecule has 3 aromatic rings. The fourth-order valence-electron chi connectivity index (χ4n) is 4.34. The van der Waals surface area contributed by atoms with E-state index >= 15 is 0 Å². The van der Waals surface area contributed by atoms with Gasteiger partial charge in [-0.25, -0.2) is 4.39 Å². The van der Waals surface area contributed by atoms with E-state index in [9.17, 15) is 18.8 Å². The Bertz CT molecular complexity index is 1380. The van der Waals surface area contributed by atoms with Crippen molar-refractivity contribution in [2.45, 2.75) is 25.0 Å². The third-order valence-electron chi connectivity index (χ3n) is 6.23. The molecule has 0 unspecified atom stereocenters. The third-order valence-corrected chi connectivity index (χ3v) is 7.08. The zero-order valence-corrected chi connectivity index (χ0v) is 20.8. The Labute approximate surface area is 220 Å². The van der Waals surface area contributed by atoms with Gasteiger partial charge in [0.15, 0.2) is 17.2 Å². The first-order chi connectivity index (χ1) is 18.3. The number of aromatic nitrogens is 1. The van der Waals surface area contributed by atoms with Crippen LogP contribution in [0.15, 0.2) is 42.5 Å². The molecule has 1 saturated heterocycles. The van der Waals surface area contributed by atoms with Crippen LogP contribution in [0.1, 0.15) is 44.6 Å². The van der Waals surface area contributed by atoms with Crippen molar-refractivity contribution >= 4 is 40.6 Å². The molecule has 11 nitrogen and oxygen atoms in total. The van der Waals surface area contributed by atoms with Gasteiger partial charge < -0.3 is 31.0 Å². The van der Waals surface area contributed by atoms with Crippen LogP contribution in [0.3, 0.4) is 0 Å². The van der Waals surface area contributed by atoms with E-state index in [1.807, 2.05) is 0 Å². The molecule has 0 radical (unpaired) electrons. The summed E-state index contributed by atoms with van der Waals surface area (Å²) in [7, 11) is 0. The summed E-state index contributed by atoms with van der Waals surface area (Å²) in [5.41, 5.74) is 11.6. The van der Waals surface area contributed by atoms with Gasteiger partial charge in [-0.15, -0.1) is 0 Å². The minimum absolute atomic E-state index is 0.000235. The molecule has 0 bridgehead atoms. The fraction of sp³-hybridized carbons (Fsp3) is 0.280. The normalized spacial score (nSPS) is 16.7. The first kappa shape index (κ1) is 25.4. The molecule has 2 aliphatic rings. The van der Waals surface area contributed by atoms with E-state index in [0.717, 1.165) is 12.8 Å². The van der Waals surface area contributed by atoms with Crippen LogP contribution in [0.4, 0.5) is 15.8 Å². The summed E-state index contributed by atoms with van der Waals surface area (Å²) in [6.07, 6.45) is 1.52. The summed E-state index contributed by atoms with van der Waals surface area (Å²) >= 11 is 0.687. The number of rotatable bonds is 8. The molecule has 2 atom stereocenters. The number of nitrogens with zero attached hydrogens (tertiary/aromatic N) is 2. The van der Waals surface area contributed by atoms with Gasteiger partial charge in [0, 0.05) is 24.9 Å². The number of nitrogens with one attached hydrogen (secondary N) is 1. The lowest BCUT2D eigenvalue weighted by atomic mass is 10.0. The lowest BCUT2D eigenvalue weighted by molar-refractivity contribution is -0.123. The Morgan fingerprint density at radius 1 is 1.16 bits per heavy atom. The van der Waals surface area contributed by atoms with Crippen LogP contribution in [0, 0.1) is 5.82 Å². The Morgan fingerprint density at radius 3 is 2.61 bits per heavy atom. The van der Waals surface area contributed by atoms with Crippen LogP contribution in [0.2, 0.25) is 0 Å². The van der Waals surface area contributed by atoms with E-state index in [0.29, 0.717) is 35.2 Å². The number of ether oxygens (including phenoxy) is 3. The predicted octanol–water partition coefficient (Wildman–Crippen LogP) is 2.38. The van der Waals surface area contributed by atoms with E-state index in [4.69, 9.17) is 25.7 Å². The number of fused-ring (bicyclic) bond motifs is 1. The number of nitrogens with two attached hydrogens (primary N) is 2. The molecule has 5 N–H and O–H groups in total. The van der Waals surface area contributed by atoms with Crippen LogP contribution < -0.4 is 31.2 Å². The summed E-state index contributed by atoms with van der Waals surface area (Å²) in [6.45, 7) is 0.838. The van der Waals surface area contributed by atoms with Crippen molar-refractivity contribution in [2.24, 2.45) is 5.73 Å². The van der Waals surface area contributed by atoms with E-state index in [2.05, 4.69) is 9.69 Å². The van der Waals surface area contributed by atoms with Gasteiger partial charge in [-0.1, -0.05) is 12.1 Å². The molecule has 1 aromatic heterocycles. The smallest absolute Gasteiger partial charge is 0.273 e. The molecular weight excluding hydrogens is 517 g/mol. The topological polar surface area (TPSA) is 159 Å². The fourth-order valence-corrected chi connectivity index (χ4v) is 5.08. The highest BCUT2D eigenvalue weighted by Gasteiger charge is 2.37. The number of anilines is 2. The Balaban J connectivity index is 1.60. The highest BCUT2D eigenvalue weighted by atomic mass is 32.1. The van der Waals surface area contributed by atoms with Crippen molar-refractivity contribution in [1.82, 2.24) is 9.69 Å². The number of hydrogen-bond acceptors (Lipinski definition) is 9. The zero-order valence-electron chi connectivity index (χ0n) is 20.0. The molecule has 38 heavy (non-hydrogen) atoms. The number of carbonyl (C=O) groups is 3. The Hall–Kier alpha value is -4.23. The highest BCUT2D eigenvalue weighted by molar-refractivity contribution is 7.09. The van der Waals surface area contributed by atoms with Gasteiger partial charge in [-0.2, -0.15) is 4.37 Å². The molecule has 0 aliphatic carbocycles. The van der Waals surface area contributed by atoms with Gasteiger partial charge in [-0.3, -0.25) is 19.3 Å². The second-order valence-electron chi connectivity index (χ2n) is 8.69. The first-order valence-electron chi connectivity index (χ1n) is 11.8. The van der Waals surface area contributed by atoms with Crippen molar-refractivity contribution < 1.29 is 33.0 Å². The first-order valence-corrected chi connectivity index (χ1v) is 12.5. The Kier molecular flexibility index (Phi) is 7.11. The van der Waals surface area contributed by atoms with Crippen LogP contribution in [-0.4, -0.2) is 48.1 Å². The second kappa shape index (κ2) is 10.6. The number of hydrogen-bond donors (Lipinski definition) is 3. The average molecular weight is 542 g/mol. The minimum Gasteiger partial charge on any atom is -0.454 e. The van der Waals surface area contributed by atoms with Gasteiger partial charge in [0.05, 0.1) is 11.8 Å². The quantitative estimate of drug-likeness (QED) is 0.392. The SMILES string of the molecule is NC(=O)c1nsc(C(=O)N(c2ccc3c(c2)OCO3)[C@@H](C(=O)NC[C@@H]2CCCO2)c2ccc(F)cc2)c1N. The maximum Gasteiger partial charge on any atom is 0.273 e. The van der Waals surface area contributed by atoms with Crippen molar-refractivity contribution in [3.05, 3.63) is 64.4 Å². The molecule has 198 valence electrons. The van der Waals surface area contributed by atoms with Gasteiger partial charge in [0.2, 0.25) is 12.7 Å². The van der Waals surface area contributed by atoms with Crippen molar-refractivity contribution in [3.8, 4) is 11.5 Å². The van der Waals surface area contributed by atoms with E-state index in [1.54, 1.807) is 18.2 Å². The van der Waals surface area contributed by atoms with Crippen LogP contribution >= 0.6 is 11.5 Å². The number of benzene rings is 2. The molecule has 2 aliphatic heterocycles. The van der Waals surface area contributed by atoms with Crippen LogP contribution in [-0.2, 0) is 9.53 Å². The Morgan fingerprint density at radius 2 is 1.92 bits per heavy atom.